The molecule has 3 aromatic rings. The number of hydrogen-bond donors (Lipinski definition) is 0. The summed E-state index contributed by atoms with van der Waals surface area (Å²) in [6.45, 7) is 2.19. The van der Waals surface area contributed by atoms with Crippen molar-refractivity contribution in [1.82, 2.24) is 0 Å². The van der Waals surface area contributed by atoms with Gasteiger partial charge in [-0.25, -0.2) is 0 Å². The average molecular weight is 420 g/mol. The molecule has 1 amide bonds. The molecule has 0 bridgehead atoms. The molecule has 0 radical (unpaired) electrons. The quantitative estimate of drug-likeness (QED) is 0.449. The molecule has 6 heteroatoms. The molecule has 30 heavy (non-hydrogen) atoms. The number of carbonyl (C=O) groups excluding carboxylic acids is 3. The van der Waals surface area contributed by atoms with Crippen LogP contribution >= 0.6 is 11.3 Å². The molecule has 5 nitrogen and oxygen atoms in total. The first-order valence-corrected chi connectivity index (χ1v) is 10.7. The molecule has 2 aromatic carbocycles. The van der Waals surface area contributed by atoms with E-state index < -0.39 is 11.9 Å². The van der Waals surface area contributed by atoms with Crippen molar-refractivity contribution in [1.29, 1.82) is 0 Å². The molecule has 152 valence electrons. The Labute approximate surface area is 178 Å². The zero-order chi connectivity index (χ0) is 21.1. The van der Waals surface area contributed by atoms with Crippen LogP contribution in [0.15, 0.2) is 66.0 Å². The minimum absolute atomic E-state index is 0.185. The number of esters is 1. The van der Waals surface area contributed by atoms with Gasteiger partial charge in [0.15, 0.2) is 5.78 Å². The Morgan fingerprint density at radius 1 is 1.07 bits per heavy atom. The van der Waals surface area contributed by atoms with Gasteiger partial charge >= 0.3 is 5.97 Å². The maximum absolute atomic E-state index is 13.5. The van der Waals surface area contributed by atoms with Gasteiger partial charge in [-0.2, -0.15) is 0 Å². The molecule has 0 aliphatic carbocycles. The molecule has 0 unspecified atom stereocenters. The van der Waals surface area contributed by atoms with Crippen molar-refractivity contribution in [2.24, 2.45) is 5.92 Å². The zero-order valence-corrected chi connectivity index (χ0v) is 17.4. The molecule has 1 aliphatic rings. The largest absolute Gasteiger partial charge is 0.465 e. The predicted molar refractivity (Wildman–Crippen MR) is 117 cm³/mol. The lowest BCUT2D eigenvalue weighted by molar-refractivity contribution is -0.146. The van der Waals surface area contributed by atoms with Crippen LogP contribution in [0.4, 0.5) is 5.00 Å². The van der Waals surface area contributed by atoms with Crippen LogP contribution in [0.25, 0.3) is 11.1 Å². The van der Waals surface area contributed by atoms with E-state index in [1.54, 1.807) is 24.0 Å². The number of ketones is 1. The number of nitrogens with zero attached hydrogens (tertiary/aromatic N) is 1. The molecule has 2 heterocycles. The fourth-order valence-corrected chi connectivity index (χ4v) is 4.79. The number of anilines is 1. The summed E-state index contributed by atoms with van der Waals surface area (Å²) < 4.78 is 5.17. The summed E-state index contributed by atoms with van der Waals surface area (Å²) in [5.41, 5.74) is 2.58. The molecule has 0 fully saturated rings. The minimum atomic E-state index is -0.922. The monoisotopic (exact) mass is 419 g/mol. The molecular formula is C24H21NO4S. The Bertz CT molecular complexity index is 1080. The maximum Gasteiger partial charge on any atom is 0.316 e. The molecule has 4 rings (SSSR count). The normalized spacial score (nSPS) is 16.0. The third kappa shape index (κ3) is 3.66. The first kappa shape index (κ1) is 20.0. The van der Waals surface area contributed by atoms with Crippen LogP contribution in [0.3, 0.4) is 0 Å². The van der Waals surface area contributed by atoms with Crippen LogP contribution in [-0.4, -0.2) is 30.8 Å². The first-order valence-electron chi connectivity index (χ1n) is 9.86. The summed E-state index contributed by atoms with van der Waals surface area (Å²) in [5.74, 6) is -1.93. The fourth-order valence-electron chi connectivity index (χ4n) is 3.68. The lowest BCUT2D eigenvalue weighted by Gasteiger charge is -2.20. The number of benzene rings is 2. The maximum atomic E-state index is 13.5. The van der Waals surface area contributed by atoms with Gasteiger partial charge in [0, 0.05) is 23.1 Å². The fraction of sp³-hybridized carbons (Fsp3) is 0.208. The molecular weight excluding hydrogens is 398 g/mol. The van der Waals surface area contributed by atoms with Gasteiger partial charge in [0.2, 0.25) is 0 Å². The number of ether oxygens (including phenoxy) is 1. The van der Waals surface area contributed by atoms with E-state index in [1.165, 1.54) is 11.3 Å². The van der Waals surface area contributed by atoms with Gasteiger partial charge in [-0.3, -0.25) is 19.3 Å². The molecule has 1 atom stereocenters. The number of thiophene rings is 1. The number of Topliss-reactive ketones (excluding diaryl/α,β-unsaturated/α-hetero) is 1. The number of carbonyl (C=O) groups is 3. The van der Waals surface area contributed by atoms with Crippen LogP contribution in [0.1, 0.15) is 34.1 Å². The Balaban J connectivity index is 1.83. The van der Waals surface area contributed by atoms with Crippen LogP contribution < -0.4 is 4.90 Å². The summed E-state index contributed by atoms with van der Waals surface area (Å²) in [5, 5.41) is 2.47. The highest BCUT2D eigenvalue weighted by molar-refractivity contribution is 7.15. The Morgan fingerprint density at radius 3 is 2.40 bits per heavy atom. The highest BCUT2D eigenvalue weighted by atomic mass is 32.1. The van der Waals surface area contributed by atoms with Crippen molar-refractivity contribution in [3.63, 3.8) is 0 Å². The highest BCUT2D eigenvalue weighted by Crippen LogP contribution is 2.42. The van der Waals surface area contributed by atoms with E-state index in [2.05, 4.69) is 0 Å². The van der Waals surface area contributed by atoms with Gasteiger partial charge in [-0.1, -0.05) is 48.5 Å². The average Bonchev–Trinajstić information content (AvgIpc) is 3.16. The van der Waals surface area contributed by atoms with Crippen molar-refractivity contribution in [2.45, 2.75) is 13.3 Å². The smallest absolute Gasteiger partial charge is 0.316 e. The second kappa shape index (κ2) is 8.63. The van der Waals surface area contributed by atoms with Crippen molar-refractivity contribution < 1.29 is 19.1 Å². The topological polar surface area (TPSA) is 63.7 Å². The number of hydrogen-bond acceptors (Lipinski definition) is 5. The lowest BCUT2D eigenvalue weighted by Crippen LogP contribution is -2.32. The van der Waals surface area contributed by atoms with Crippen LogP contribution in [-0.2, 0) is 9.53 Å². The standard InChI is InChI=1S/C24H21NO4S/c1-2-29-24(28)18-13-14-25(22(27)17-11-7-4-8-12-17)23-20(21(18)26)19(15-30-23)16-9-5-3-6-10-16/h3-12,15,18H,2,13-14H2,1H3/t18-/m1/s1. The van der Waals surface area contributed by atoms with E-state index in [0.717, 1.165) is 11.1 Å². The second-order valence-electron chi connectivity index (χ2n) is 6.98. The van der Waals surface area contributed by atoms with Gasteiger partial charge in [-0.15, -0.1) is 11.3 Å². The zero-order valence-electron chi connectivity index (χ0n) is 16.5. The van der Waals surface area contributed by atoms with Crippen LogP contribution in [0.5, 0.6) is 0 Å². The van der Waals surface area contributed by atoms with Crippen molar-refractivity contribution in [2.75, 3.05) is 18.1 Å². The van der Waals surface area contributed by atoms with Crippen molar-refractivity contribution in [3.8, 4) is 11.1 Å². The van der Waals surface area contributed by atoms with E-state index in [1.807, 2.05) is 53.9 Å². The van der Waals surface area contributed by atoms with E-state index in [0.29, 0.717) is 16.1 Å². The molecule has 1 aliphatic heterocycles. The third-order valence-corrected chi connectivity index (χ3v) is 6.14. The SMILES string of the molecule is CCOC(=O)[C@@H]1CCN(C(=O)c2ccccc2)c2scc(-c3ccccc3)c2C1=O. The van der Waals surface area contributed by atoms with Gasteiger partial charge in [0.1, 0.15) is 10.9 Å². The van der Waals surface area contributed by atoms with Crippen LogP contribution in [0, 0.1) is 5.92 Å². The highest BCUT2D eigenvalue weighted by Gasteiger charge is 2.39. The van der Waals surface area contributed by atoms with Crippen molar-refractivity contribution >= 4 is 34.0 Å². The lowest BCUT2D eigenvalue weighted by atomic mass is 9.92. The van der Waals surface area contributed by atoms with E-state index >= 15 is 0 Å². The van der Waals surface area contributed by atoms with Crippen LogP contribution in [0.2, 0.25) is 0 Å². The summed E-state index contributed by atoms with van der Waals surface area (Å²) in [6.07, 6.45) is 0.228. The Hall–Kier alpha value is -3.25. The summed E-state index contributed by atoms with van der Waals surface area (Å²) in [6, 6.07) is 18.5. The minimum Gasteiger partial charge on any atom is -0.465 e. The van der Waals surface area contributed by atoms with Gasteiger partial charge < -0.3 is 4.74 Å². The third-order valence-electron chi connectivity index (χ3n) is 5.14. The summed E-state index contributed by atoms with van der Waals surface area (Å²) in [4.78, 5) is 40.9. The number of rotatable bonds is 4. The Morgan fingerprint density at radius 2 is 1.73 bits per heavy atom. The van der Waals surface area contributed by atoms with Crippen molar-refractivity contribution in [3.05, 3.63) is 77.2 Å². The van der Waals surface area contributed by atoms with E-state index in [-0.39, 0.29) is 31.3 Å². The predicted octanol–water partition coefficient (Wildman–Crippen LogP) is 4.83. The number of amides is 1. The Kier molecular flexibility index (Phi) is 5.77. The molecule has 0 spiro atoms. The van der Waals surface area contributed by atoms with Gasteiger partial charge in [0.25, 0.3) is 5.91 Å². The molecule has 0 saturated carbocycles. The second-order valence-corrected chi connectivity index (χ2v) is 7.83. The summed E-state index contributed by atoms with van der Waals surface area (Å²) in [7, 11) is 0. The van der Waals surface area contributed by atoms with E-state index in [4.69, 9.17) is 4.74 Å². The molecule has 1 aromatic heterocycles. The number of fused-ring (bicyclic) bond motifs is 1. The molecule has 0 N–H and O–H groups in total. The van der Waals surface area contributed by atoms with Gasteiger partial charge in [-0.05, 0) is 31.0 Å². The summed E-state index contributed by atoms with van der Waals surface area (Å²) >= 11 is 1.35. The first-order chi connectivity index (χ1) is 14.6. The molecule has 0 saturated heterocycles. The van der Waals surface area contributed by atoms with E-state index in [9.17, 15) is 14.4 Å². The van der Waals surface area contributed by atoms with Gasteiger partial charge in [0.05, 0.1) is 12.2 Å².